The van der Waals surface area contributed by atoms with Crippen LogP contribution in [0.2, 0.25) is 0 Å². The highest BCUT2D eigenvalue weighted by molar-refractivity contribution is 4.82. The van der Waals surface area contributed by atoms with Gasteiger partial charge in [0.15, 0.2) is 0 Å². The van der Waals surface area contributed by atoms with Gasteiger partial charge in [-0.25, -0.2) is 0 Å². The number of hydrogen-bond donors (Lipinski definition) is 1. The van der Waals surface area contributed by atoms with Crippen molar-refractivity contribution in [3.63, 3.8) is 0 Å². The first kappa shape index (κ1) is 15.7. The lowest BCUT2D eigenvalue weighted by Gasteiger charge is -2.34. The number of nitrogens with one attached hydrogen (secondary N) is 1. The quantitative estimate of drug-likeness (QED) is 0.480. The number of unbranched alkanes of at least 4 members (excludes halogenated alkanes) is 2. The second-order valence-corrected chi connectivity index (χ2v) is 5.32. The highest BCUT2D eigenvalue weighted by Crippen LogP contribution is 2.14. The number of rotatable bonds is 9. The molecule has 2 nitrogen and oxygen atoms in total. The molecule has 0 amide bonds. The van der Waals surface area contributed by atoms with Crippen LogP contribution in [-0.2, 0) is 0 Å². The van der Waals surface area contributed by atoms with Crippen molar-refractivity contribution in [2.75, 3.05) is 26.2 Å². The Labute approximate surface area is 102 Å². The van der Waals surface area contributed by atoms with E-state index in [9.17, 15) is 0 Å². The normalized spacial score (nSPS) is 12.1. The summed E-state index contributed by atoms with van der Waals surface area (Å²) in [6.45, 7) is 17.2. The summed E-state index contributed by atoms with van der Waals surface area (Å²) in [5.74, 6) is 0. The maximum atomic E-state index is 3.83. The van der Waals surface area contributed by atoms with E-state index < -0.39 is 0 Å². The zero-order chi connectivity index (χ0) is 12.4. The van der Waals surface area contributed by atoms with Gasteiger partial charge in [0.05, 0.1) is 0 Å². The van der Waals surface area contributed by atoms with Gasteiger partial charge in [-0.15, -0.1) is 6.58 Å². The van der Waals surface area contributed by atoms with Crippen LogP contribution < -0.4 is 5.32 Å². The lowest BCUT2D eigenvalue weighted by atomic mass is 10.1. The molecule has 16 heavy (non-hydrogen) atoms. The zero-order valence-corrected chi connectivity index (χ0v) is 11.7. The Morgan fingerprint density at radius 2 is 1.88 bits per heavy atom. The molecule has 0 saturated heterocycles. The smallest absolute Gasteiger partial charge is 0.0165 e. The molecule has 0 aliphatic carbocycles. The maximum Gasteiger partial charge on any atom is 0.0165 e. The van der Waals surface area contributed by atoms with Gasteiger partial charge >= 0.3 is 0 Å². The molecule has 0 spiro atoms. The Morgan fingerprint density at radius 3 is 2.38 bits per heavy atom. The van der Waals surface area contributed by atoms with E-state index >= 15 is 0 Å². The van der Waals surface area contributed by atoms with Crippen molar-refractivity contribution < 1.29 is 0 Å². The molecule has 0 saturated carbocycles. The first-order chi connectivity index (χ1) is 7.52. The third-order valence-corrected chi connectivity index (χ3v) is 2.83. The predicted molar refractivity (Wildman–Crippen MR) is 73.9 cm³/mol. The molecule has 0 rings (SSSR count). The second-order valence-electron chi connectivity index (χ2n) is 5.32. The Bertz CT molecular complexity index is 170. The maximum absolute atomic E-state index is 3.83. The first-order valence-corrected chi connectivity index (χ1v) is 6.59. The molecule has 0 heterocycles. The van der Waals surface area contributed by atoms with Crippen LogP contribution in [0.15, 0.2) is 12.7 Å². The van der Waals surface area contributed by atoms with E-state index in [1.54, 1.807) is 0 Å². The van der Waals surface area contributed by atoms with Crippen molar-refractivity contribution in [2.45, 2.75) is 52.5 Å². The van der Waals surface area contributed by atoms with Crippen LogP contribution in [0, 0.1) is 0 Å². The molecule has 0 aromatic carbocycles. The fourth-order valence-electron chi connectivity index (χ4n) is 1.76. The van der Waals surface area contributed by atoms with Crippen molar-refractivity contribution in [1.82, 2.24) is 10.2 Å². The predicted octanol–water partition coefficient (Wildman–Crippen LogP) is 3.05. The lowest BCUT2D eigenvalue weighted by molar-refractivity contribution is 0.151. The summed E-state index contributed by atoms with van der Waals surface area (Å²) in [6, 6.07) is 0. The average Bonchev–Trinajstić information content (AvgIpc) is 2.20. The van der Waals surface area contributed by atoms with E-state index in [0.29, 0.717) is 0 Å². The van der Waals surface area contributed by atoms with E-state index in [0.717, 1.165) is 19.6 Å². The Kier molecular flexibility index (Phi) is 8.58. The summed E-state index contributed by atoms with van der Waals surface area (Å²) in [5.41, 5.74) is 0.260. The van der Waals surface area contributed by atoms with Crippen LogP contribution in [0.1, 0.15) is 47.0 Å². The molecule has 2 heteroatoms. The van der Waals surface area contributed by atoms with Crippen LogP contribution in [0.4, 0.5) is 0 Å². The highest BCUT2D eigenvalue weighted by Gasteiger charge is 2.18. The Hall–Kier alpha value is -0.340. The number of hydrogen-bond acceptors (Lipinski definition) is 2. The Balaban J connectivity index is 3.65. The second kappa shape index (κ2) is 8.77. The van der Waals surface area contributed by atoms with Crippen LogP contribution in [0.25, 0.3) is 0 Å². The van der Waals surface area contributed by atoms with Crippen molar-refractivity contribution >= 4 is 0 Å². The van der Waals surface area contributed by atoms with Gasteiger partial charge in [-0.2, -0.15) is 0 Å². The summed E-state index contributed by atoms with van der Waals surface area (Å²) in [6.07, 6.45) is 5.90. The SMILES string of the molecule is C=CCN(CCCCCNCC)C(C)(C)C. The molecule has 0 fully saturated rings. The van der Waals surface area contributed by atoms with Gasteiger partial charge in [-0.05, 0) is 53.2 Å². The third-order valence-electron chi connectivity index (χ3n) is 2.83. The van der Waals surface area contributed by atoms with Crippen molar-refractivity contribution in [3.05, 3.63) is 12.7 Å². The standard InChI is InChI=1S/C14H30N2/c1-6-12-16(14(3,4)5)13-10-8-9-11-15-7-2/h6,15H,1,7-13H2,2-5H3. The van der Waals surface area contributed by atoms with Crippen molar-refractivity contribution in [3.8, 4) is 0 Å². The summed E-state index contributed by atoms with van der Waals surface area (Å²) >= 11 is 0. The summed E-state index contributed by atoms with van der Waals surface area (Å²) in [4.78, 5) is 2.49. The molecule has 0 aromatic heterocycles. The van der Waals surface area contributed by atoms with Crippen LogP contribution in [-0.4, -0.2) is 36.6 Å². The van der Waals surface area contributed by atoms with Gasteiger partial charge in [0.25, 0.3) is 0 Å². The van der Waals surface area contributed by atoms with Crippen LogP contribution in [0.5, 0.6) is 0 Å². The highest BCUT2D eigenvalue weighted by atomic mass is 15.2. The fourth-order valence-corrected chi connectivity index (χ4v) is 1.76. The molecule has 0 aliphatic heterocycles. The zero-order valence-electron chi connectivity index (χ0n) is 11.7. The van der Waals surface area contributed by atoms with Gasteiger partial charge in [0.2, 0.25) is 0 Å². The van der Waals surface area contributed by atoms with Crippen LogP contribution >= 0.6 is 0 Å². The van der Waals surface area contributed by atoms with Crippen LogP contribution in [0.3, 0.4) is 0 Å². The van der Waals surface area contributed by atoms with E-state index in [4.69, 9.17) is 0 Å². The molecule has 0 unspecified atom stereocenters. The Morgan fingerprint density at radius 1 is 1.19 bits per heavy atom. The van der Waals surface area contributed by atoms with E-state index in [-0.39, 0.29) is 5.54 Å². The molecule has 0 radical (unpaired) electrons. The third kappa shape index (κ3) is 7.89. The molecule has 0 aliphatic rings. The average molecular weight is 226 g/mol. The lowest BCUT2D eigenvalue weighted by Crippen LogP contribution is -2.42. The number of nitrogens with zero attached hydrogens (tertiary/aromatic N) is 1. The molecular weight excluding hydrogens is 196 g/mol. The van der Waals surface area contributed by atoms with Gasteiger partial charge in [-0.3, -0.25) is 4.90 Å². The fraction of sp³-hybridized carbons (Fsp3) is 0.857. The van der Waals surface area contributed by atoms with E-state index in [1.807, 2.05) is 6.08 Å². The topological polar surface area (TPSA) is 15.3 Å². The molecular formula is C14H30N2. The summed E-state index contributed by atoms with van der Waals surface area (Å²) < 4.78 is 0. The first-order valence-electron chi connectivity index (χ1n) is 6.59. The summed E-state index contributed by atoms with van der Waals surface area (Å²) in [5, 5.41) is 3.36. The minimum Gasteiger partial charge on any atom is -0.317 e. The molecule has 1 N–H and O–H groups in total. The molecule has 96 valence electrons. The van der Waals surface area contributed by atoms with E-state index in [1.165, 1.54) is 25.8 Å². The minimum atomic E-state index is 0.260. The van der Waals surface area contributed by atoms with Gasteiger partial charge in [-0.1, -0.05) is 19.4 Å². The molecule has 0 bridgehead atoms. The van der Waals surface area contributed by atoms with Gasteiger partial charge in [0.1, 0.15) is 0 Å². The molecule has 0 atom stereocenters. The monoisotopic (exact) mass is 226 g/mol. The van der Waals surface area contributed by atoms with E-state index in [2.05, 4.69) is 44.5 Å². The van der Waals surface area contributed by atoms with Crippen molar-refractivity contribution in [1.29, 1.82) is 0 Å². The van der Waals surface area contributed by atoms with Crippen molar-refractivity contribution in [2.24, 2.45) is 0 Å². The van der Waals surface area contributed by atoms with Gasteiger partial charge in [0, 0.05) is 12.1 Å². The molecule has 0 aromatic rings. The largest absolute Gasteiger partial charge is 0.317 e. The van der Waals surface area contributed by atoms with Gasteiger partial charge < -0.3 is 5.32 Å². The minimum absolute atomic E-state index is 0.260. The summed E-state index contributed by atoms with van der Waals surface area (Å²) in [7, 11) is 0.